The van der Waals surface area contributed by atoms with Gasteiger partial charge in [-0.05, 0) is 19.8 Å². The highest BCUT2D eigenvalue weighted by atomic mass is 32.2. The van der Waals surface area contributed by atoms with Crippen LogP contribution in [0.25, 0.3) is 0 Å². The van der Waals surface area contributed by atoms with E-state index < -0.39 is 10.0 Å². The molecule has 1 atom stereocenters. The molecule has 102 valence electrons. The topological polar surface area (TPSA) is 62.3 Å². The van der Waals surface area contributed by atoms with Gasteiger partial charge in [0.05, 0.1) is 11.8 Å². The Morgan fingerprint density at radius 1 is 1.50 bits per heavy atom. The smallest absolute Gasteiger partial charge is 0.211 e. The Morgan fingerprint density at radius 3 is 2.67 bits per heavy atom. The third-order valence-electron chi connectivity index (χ3n) is 3.29. The summed E-state index contributed by atoms with van der Waals surface area (Å²) in [5.74, 6) is 0. The van der Waals surface area contributed by atoms with Crippen molar-refractivity contribution in [3.05, 3.63) is 16.6 Å². The SMILES string of the molecule is CC(NC1CCN(S(C)(=O)=O)CC1)c1cncs1. The molecule has 5 nitrogen and oxygen atoms in total. The van der Waals surface area contributed by atoms with Crippen LogP contribution in [0.5, 0.6) is 0 Å². The van der Waals surface area contributed by atoms with Crippen LogP contribution in [0.4, 0.5) is 0 Å². The van der Waals surface area contributed by atoms with Crippen molar-refractivity contribution >= 4 is 21.4 Å². The molecular weight excluding hydrogens is 270 g/mol. The number of hydrogen-bond donors (Lipinski definition) is 1. The molecule has 1 unspecified atom stereocenters. The Hall–Kier alpha value is -0.500. The van der Waals surface area contributed by atoms with Crippen LogP contribution in [0.15, 0.2) is 11.7 Å². The highest BCUT2D eigenvalue weighted by Gasteiger charge is 2.25. The van der Waals surface area contributed by atoms with Crippen LogP contribution >= 0.6 is 11.3 Å². The molecule has 0 aliphatic carbocycles. The lowest BCUT2D eigenvalue weighted by molar-refractivity contribution is 0.279. The first-order valence-corrected chi connectivity index (χ1v) is 8.79. The van der Waals surface area contributed by atoms with Crippen LogP contribution in [-0.2, 0) is 10.0 Å². The lowest BCUT2D eigenvalue weighted by Gasteiger charge is -2.32. The van der Waals surface area contributed by atoms with Crippen LogP contribution in [0, 0.1) is 0 Å². The summed E-state index contributed by atoms with van der Waals surface area (Å²) in [5, 5.41) is 3.54. The van der Waals surface area contributed by atoms with Gasteiger partial charge in [-0.1, -0.05) is 0 Å². The number of rotatable bonds is 4. The second-order valence-electron chi connectivity index (χ2n) is 4.73. The molecule has 0 amide bonds. The lowest BCUT2D eigenvalue weighted by Crippen LogP contribution is -2.45. The number of thiazole rings is 1. The van der Waals surface area contributed by atoms with E-state index in [-0.39, 0.29) is 6.04 Å². The van der Waals surface area contributed by atoms with Crippen molar-refractivity contribution < 1.29 is 8.42 Å². The molecule has 0 aromatic carbocycles. The van der Waals surface area contributed by atoms with Gasteiger partial charge in [0.1, 0.15) is 0 Å². The van der Waals surface area contributed by atoms with Gasteiger partial charge in [0.25, 0.3) is 0 Å². The molecule has 0 bridgehead atoms. The maximum Gasteiger partial charge on any atom is 0.211 e. The molecule has 1 aromatic heterocycles. The molecule has 2 rings (SSSR count). The standard InChI is InChI=1S/C11H19N3O2S2/c1-9(11-7-12-8-17-11)13-10-3-5-14(6-4-10)18(2,15)16/h7-10,13H,3-6H2,1-2H3. The van der Waals surface area contributed by atoms with Gasteiger partial charge in [0.15, 0.2) is 0 Å². The molecule has 2 heterocycles. The molecule has 18 heavy (non-hydrogen) atoms. The van der Waals surface area contributed by atoms with Crippen LogP contribution in [0.1, 0.15) is 30.7 Å². The predicted octanol–water partition coefficient (Wildman–Crippen LogP) is 1.22. The minimum Gasteiger partial charge on any atom is -0.307 e. The van der Waals surface area contributed by atoms with Crippen LogP contribution in [0.3, 0.4) is 0 Å². The Labute approximate surface area is 112 Å². The first-order chi connectivity index (χ1) is 8.47. The second kappa shape index (κ2) is 5.64. The zero-order valence-electron chi connectivity index (χ0n) is 10.7. The van der Waals surface area contributed by atoms with Crippen LogP contribution in [-0.4, -0.2) is 43.1 Å². The number of nitrogens with one attached hydrogen (secondary N) is 1. The number of hydrogen-bond acceptors (Lipinski definition) is 5. The average molecular weight is 289 g/mol. The van der Waals surface area contributed by atoms with E-state index in [9.17, 15) is 8.42 Å². The van der Waals surface area contributed by atoms with E-state index >= 15 is 0 Å². The summed E-state index contributed by atoms with van der Waals surface area (Å²) in [7, 11) is -3.02. The van der Waals surface area contributed by atoms with Crippen LogP contribution in [0.2, 0.25) is 0 Å². The summed E-state index contributed by atoms with van der Waals surface area (Å²) in [6.07, 6.45) is 4.90. The maximum absolute atomic E-state index is 11.4. The van der Waals surface area contributed by atoms with E-state index in [1.807, 2.05) is 11.7 Å². The first kappa shape index (κ1) is 13.9. The zero-order chi connectivity index (χ0) is 13.2. The van der Waals surface area contributed by atoms with Crippen molar-refractivity contribution in [2.24, 2.45) is 0 Å². The van der Waals surface area contributed by atoms with Gasteiger partial charge in [0.2, 0.25) is 10.0 Å². The molecule has 0 radical (unpaired) electrons. The third kappa shape index (κ3) is 3.50. The minimum absolute atomic E-state index is 0.285. The van der Waals surface area contributed by atoms with Crippen molar-refractivity contribution in [3.63, 3.8) is 0 Å². The fourth-order valence-corrected chi connectivity index (χ4v) is 3.74. The Morgan fingerprint density at radius 2 is 2.17 bits per heavy atom. The Bertz CT molecular complexity index is 464. The average Bonchev–Trinajstić information content (AvgIpc) is 2.82. The van der Waals surface area contributed by atoms with E-state index in [0.29, 0.717) is 19.1 Å². The molecule has 1 fully saturated rings. The summed E-state index contributed by atoms with van der Waals surface area (Å²) in [4.78, 5) is 5.29. The highest BCUT2D eigenvalue weighted by Crippen LogP contribution is 2.20. The fourth-order valence-electron chi connectivity index (χ4n) is 2.23. The molecule has 1 aliphatic heterocycles. The van der Waals surface area contributed by atoms with Crippen molar-refractivity contribution in [1.82, 2.24) is 14.6 Å². The molecule has 1 aliphatic rings. The normalized spacial score (nSPS) is 21.0. The predicted molar refractivity (Wildman–Crippen MR) is 73.1 cm³/mol. The van der Waals surface area contributed by atoms with E-state index in [1.54, 1.807) is 15.6 Å². The molecule has 1 aromatic rings. The van der Waals surface area contributed by atoms with E-state index in [0.717, 1.165) is 12.8 Å². The van der Waals surface area contributed by atoms with E-state index in [2.05, 4.69) is 17.2 Å². The van der Waals surface area contributed by atoms with E-state index in [1.165, 1.54) is 11.1 Å². The summed E-state index contributed by atoms with van der Waals surface area (Å²) in [6, 6.07) is 0.674. The first-order valence-electron chi connectivity index (χ1n) is 6.06. The maximum atomic E-state index is 11.4. The van der Waals surface area contributed by atoms with Gasteiger partial charge in [-0.25, -0.2) is 12.7 Å². The Balaban J connectivity index is 1.84. The monoisotopic (exact) mass is 289 g/mol. The van der Waals surface area contributed by atoms with Crippen molar-refractivity contribution in [1.29, 1.82) is 0 Å². The summed E-state index contributed by atoms with van der Waals surface area (Å²) >= 11 is 1.64. The molecule has 1 saturated heterocycles. The third-order valence-corrected chi connectivity index (χ3v) is 5.55. The number of sulfonamides is 1. The van der Waals surface area contributed by atoms with Gasteiger partial charge < -0.3 is 5.32 Å². The largest absolute Gasteiger partial charge is 0.307 e. The van der Waals surface area contributed by atoms with Gasteiger partial charge >= 0.3 is 0 Å². The second-order valence-corrected chi connectivity index (χ2v) is 7.63. The van der Waals surface area contributed by atoms with Crippen LogP contribution < -0.4 is 5.32 Å². The molecular formula is C11H19N3O2S2. The van der Waals surface area contributed by atoms with Gasteiger partial charge in [-0.2, -0.15) is 0 Å². The summed E-state index contributed by atoms with van der Waals surface area (Å²) < 4.78 is 24.4. The summed E-state index contributed by atoms with van der Waals surface area (Å²) in [5.41, 5.74) is 1.83. The lowest BCUT2D eigenvalue weighted by atomic mass is 10.1. The van der Waals surface area contributed by atoms with E-state index in [4.69, 9.17) is 0 Å². The zero-order valence-corrected chi connectivity index (χ0v) is 12.3. The quantitative estimate of drug-likeness (QED) is 0.905. The van der Waals surface area contributed by atoms with Gasteiger partial charge in [-0.15, -0.1) is 11.3 Å². The minimum atomic E-state index is -3.02. The van der Waals surface area contributed by atoms with Crippen molar-refractivity contribution in [2.75, 3.05) is 19.3 Å². The number of aromatic nitrogens is 1. The fraction of sp³-hybridized carbons (Fsp3) is 0.727. The van der Waals surface area contributed by atoms with Gasteiger partial charge in [0, 0.05) is 36.2 Å². The molecule has 7 heteroatoms. The Kier molecular flexibility index (Phi) is 4.37. The van der Waals surface area contributed by atoms with Crippen molar-refractivity contribution in [3.8, 4) is 0 Å². The van der Waals surface area contributed by atoms with Gasteiger partial charge in [-0.3, -0.25) is 4.98 Å². The number of nitrogens with zero attached hydrogens (tertiary/aromatic N) is 2. The molecule has 1 N–H and O–H groups in total. The number of piperidine rings is 1. The molecule has 0 saturated carbocycles. The van der Waals surface area contributed by atoms with Crippen molar-refractivity contribution in [2.45, 2.75) is 31.8 Å². The summed E-state index contributed by atoms with van der Waals surface area (Å²) in [6.45, 7) is 3.36. The highest BCUT2D eigenvalue weighted by molar-refractivity contribution is 7.88. The molecule has 0 spiro atoms.